The van der Waals surface area contributed by atoms with Crippen LogP contribution < -0.4 is 10.9 Å². The van der Waals surface area contributed by atoms with Crippen molar-refractivity contribution >= 4 is 5.91 Å². The van der Waals surface area contributed by atoms with Gasteiger partial charge >= 0.3 is 0 Å². The maximum Gasteiger partial charge on any atom is 0.267 e. The van der Waals surface area contributed by atoms with E-state index >= 15 is 0 Å². The van der Waals surface area contributed by atoms with Crippen LogP contribution in [-0.4, -0.2) is 25.5 Å². The molecule has 3 aromatic heterocycles. The maximum absolute atomic E-state index is 11.9. The molecule has 0 aliphatic carbocycles. The van der Waals surface area contributed by atoms with Gasteiger partial charge < -0.3 is 9.73 Å². The summed E-state index contributed by atoms with van der Waals surface area (Å²) >= 11 is 0. The first kappa shape index (κ1) is 13.8. The molecule has 8 nitrogen and oxygen atoms in total. The second-order valence-corrected chi connectivity index (χ2v) is 4.49. The Labute approximate surface area is 125 Å². The second-order valence-electron chi connectivity index (χ2n) is 4.49. The lowest BCUT2D eigenvalue weighted by Gasteiger charge is -2.07. The van der Waals surface area contributed by atoms with Gasteiger partial charge in [-0.15, -0.1) is 5.10 Å². The molecule has 0 aromatic carbocycles. The normalized spacial score (nSPS) is 10.5. The fourth-order valence-corrected chi connectivity index (χ4v) is 1.87. The summed E-state index contributed by atoms with van der Waals surface area (Å²) < 4.78 is 7.72. The van der Waals surface area contributed by atoms with Crippen molar-refractivity contribution in [3.8, 4) is 5.82 Å². The summed E-state index contributed by atoms with van der Waals surface area (Å²) in [5.74, 6) is 0.769. The average Bonchev–Trinajstić information content (AvgIpc) is 3.21. The molecule has 0 radical (unpaired) electrons. The molecule has 0 atom stereocenters. The van der Waals surface area contributed by atoms with Gasteiger partial charge in [0.15, 0.2) is 5.82 Å². The number of carbonyl (C=O) groups is 1. The molecule has 0 aliphatic rings. The number of hydrogen-bond donors (Lipinski definition) is 1. The Kier molecular flexibility index (Phi) is 3.82. The van der Waals surface area contributed by atoms with Crippen molar-refractivity contribution in [2.24, 2.45) is 0 Å². The van der Waals surface area contributed by atoms with E-state index in [0.717, 1.165) is 4.68 Å². The Morgan fingerprint density at radius 2 is 2.18 bits per heavy atom. The van der Waals surface area contributed by atoms with Crippen LogP contribution in [0, 0.1) is 0 Å². The van der Waals surface area contributed by atoms with E-state index < -0.39 is 0 Å². The van der Waals surface area contributed by atoms with Gasteiger partial charge in [-0.2, -0.15) is 5.10 Å². The minimum atomic E-state index is -0.357. The minimum absolute atomic E-state index is 0.172. The SMILES string of the molecule is O=C(Cn1nc(-n2cccn2)ccc1=O)NCc1ccco1. The van der Waals surface area contributed by atoms with Crippen LogP contribution in [0.25, 0.3) is 5.82 Å². The van der Waals surface area contributed by atoms with Crippen LogP contribution in [0.2, 0.25) is 0 Å². The summed E-state index contributed by atoms with van der Waals surface area (Å²) in [4.78, 5) is 23.7. The van der Waals surface area contributed by atoms with E-state index in [1.807, 2.05) is 0 Å². The lowest BCUT2D eigenvalue weighted by molar-refractivity contribution is -0.122. The van der Waals surface area contributed by atoms with Gasteiger partial charge in [-0.05, 0) is 24.3 Å². The molecular weight excluding hydrogens is 286 g/mol. The summed E-state index contributed by atoms with van der Waals surface area (Å²) in [5, 5.41) is 10.8. The monoisotopic (exact) mass is 299 g/mol. The predicted octanol–water partition coefficient (Wildman–Crippen LogP) is 0.338. The van der Waals surface area contributed by atoms with E-state index in [1.54, 1.807) is 36.7 Å². The van der Waals surface area contributed by atoms with Crippen LogP contribution in [0.4, 0.5) is 0 Å². The zero-order chi connectivity index (χ0) is 15.4. The van der Waals surface area contributed by atoms with Crippen LogP contribution in [-0.2, 0) is 17.9 Å². The fourth-order valence-electron chi connectivity index (χ4n) is 1.87. The van der Waals surface area contributed by atoms with Gasteiger partial charge in [-0.25, -0.2) is 9.36 Å². The highest BCUT2D eigenvalue weighted by Crippen LogP contribution is 1.99. The zero-order valence-electron chi connectivity index (χ0n) is 11.5. The third-order valence-electron chi connectivity index (χ3n) is 2.92. The first-order valence-corrected chi connectivity index (χ1v) is 6.59. The molecule has 0 bridgehead atoms. The van der Waals surface area contributed by atoms with E-state index in [0.29, 0.717) is 11.6 Å². The molecule has 0 spiro atoms. The fraction of sp³-hybridized carbons (Fsp3) is 0.143. The summed E-state index contributed by atoms with van der Waals surface area (Å²) in [7, 11) is 0. The molecule has 0 saturated carbocycles. The molecule has 1 N–H and O–H groups in total. The van der Waals surface area contributed by atoms with Crippen molar-refractivity contribution in [1.82, 2.24) is 24.9 Å². The average molecular weight is 299 g/mol. The Bertz CT molecular complexity index is 805. The molecule has 3 rings (SSSR count). The Hall–Kier alpha value is -3.16. The van der Waals surface area contributed by atoms with Crippen molar-refractivity contribution in [3.63, 3.8) is 0 Å². The van der Waals surface area contributed by atoms with Crippen molar-refractivity contribution in [2.45, 2.75) is 13.1 Å². The highest BCUT2D eigenvalue weighted by Gasteiger charge is 2.08. The number of hydrogen-bond acceptors (Lipinski definition) is 5. The van der Waals surface area contributed by atoms with Crippen LogP contribution >= 0.6 is 0 Å². The van der Waals surface area contributed by atoms with Gasteiger partial charge in [-0.3, -0.25) is 9.59 Å². The summed E-state index contributed by atoms with van der Waals surface area (Å²) in [6.45, 7) is 0.0914. The largest absolute Gasteiger partial charge is 0.467 e. The predicted molar refractivity (Wildman–Crippen MR) is 76.2 cm³/mol. The van der Waals surface area contributed by atoms with Crippen LogP contribution in [0.3, 0.4) is 0 Å². The molecule has 112 valence electrons. The Morgan fingerprint density at radius 3 is 2.91 bits per heavy atom. The van der Waals surface area contributed by atoms with Crippen molar-refractivity contribution < 1.29 is 9.21 Å². The molecular formula is C14H13N5O3. The summed E-state index contributed by atoms with van der Waals surface area (Å²) in [6.07, 6.45) is 4.84. The molecule has 8 heteroatoms. The molecule has 0 fully saturated rings. The van der Waals surface area contributed by atoms with Crippen LogP contribution in [0.15, 0.2) is 58.2 Å². The molecule has 0 aliphatic heterocycles. The van der Waals surface area contributed by atoms with Gasteiger partial charge in [0.25, 0.3) is 5.56 Å². The Morgan fingerprint density at radius 1 is 1.27 bits per heavy atom. The molecule has 22 heavy (non-hydrogen) atoms. The molecule has 0 unspecified atom stereocenters. The zero-order valence-corrected chi connectivity index (χ0v) is 11.5. The van der Waals surface area contributed by atoms with E-state index in [9.17, 15) is 9.59 Å². The van der Waals surface area contributed by atoms with Gasteiger partial charge in [0.05, 0.1) is 12.8 Å². The van der Waals surface area contributed by atoms with E-state index in [-0.39, 0.29) is 24.6 Å². The van der Waals surface area contributed by atoms with Gasteiger partial charge in [0.2, 0.25) is 5.91 Å². The second kappa shape index (κ2) is 6.08. The van der Waals surface area contributed by atoms with Crippen molar-refractivity contribution in [2.75, 3.05) is 0 Å². The number of aromatic nitrogens is 4. The quantitative estimate of drug-likeness (QED) is 0.733. The van der Waals surface area contributed by atoms with E-state index in [2.05, 4.69) is 15.5 Å². The topological polar surface area (TPSA) is 95.0 Å². The standard InChI is InChI=1S/C14H13N5O3/c20-13(15-9-11-3-1-8-22-11)10-19-14(21)5-4-12(17-19)18-7-2-6-16-18/h1-8H,9-10H2,(H,15,20). The highest BCUT2D eigenvalue weighted by molar-refractivity contribution is 5.75. The van der Waals surface area contributed by atoms with Crippen LogP contribution in [0.5, 0.6) is 0 Å². The van der Waals surface area contributed by atoms with Crippen molar-refractivity contribution in [3.05, 3.63) is 65.1 Å². The van der Waals surface area contributed by atoms with Crippen molar-refractivity contribution in [1.29, 1.82) is 0 Å². The first-order valence-electron chi connectivity index (χ1n) is 6.59. The van der Waals surface area contributed by atoms with Gasteiger partial charge in [0, 0.05) is 18.5 Å². The van der Waals surface area contributed by atoms with E-state index in [1.165, 1.54) is 17.0 Å². The minimum Gasteiger partial charge on any atom is -0.467 e. The lowest BCUT2D eigenvalue weighted by atomic mass is 10.4. The molecule has 3 heterocycles. The molecule has 3 aromatic rings. The number of amides is 1. The molecule has 0 saturated heterocycles. The van der Waals surface area contributed by atoms with Gasteiger partial charge in [-0.1, -0.05) is 0 Å². The number of nitrogens with zero attached hydrogens (tertiary/aromatic N) is 4. The smallest absolute Gasteiger partial charge is 0.267 e. The summed E-state index contributed by atoms with van der Waals surface area (Å²) in [6, 6.07) is 8.13. The van der Waals surface area contributed by atoms with Crippen LogP contribution in [0.1, 0.15) is 5.76 Å². The number of rotatable bonds is 5. The number of furan rings is 1. The summed E-state index contributed by atoms with van der Waals surface area (Å²) in [5.41, 5.74) is -0.357. The number of carbonyl (C=O) groups excluding carboxylic acids is 1. The first-order chi connectivity index (χ1) is 10.7. The third-order valence-corrected chi connectivity index (χ3v) is 2.92. The number of nitrogens with one attached hydrogen (secondary N) is 1. The lowest BCUT2D eigenvalue weighted by Crippen LogP contribution is -2.33. The third kappa shape index (κ3) is 3.11. The Balaban J connectivity index is 1.70. The maximum atomic E-state index is 11.9. The molecule has 1 amide bonds. The van der Waals surface area contributed by atoms with E-state index in [4.69, 9.17) is 4.42 Å². The highest BCUT2D eigenvalue weighted by atomic mass is 16.3. The van der Waals surface area contributed by atoms with Gasteiger partial charge in [0.1, 0.15) is 12.3 Å².